The van der Waals surface area contributed by atoms with Crippen LogP contribution in [0.1, 0.15) is 5.89 Å². The lowest BCUT2D eigenvalue weighted by Crippen LogP contribution is -2.36. The second-order valence-corrected chi connectivity index (χ2v) is 5.78. The molecule has 1 aromatic heterocycles. The van der Waals surface area contributed by atoms with E-state index in [0.29, 0.717) is 25.1 Å². The van der Waals surface area contributed by atoms with Gasteiger partial charge in [0.2, 0.25) is 5.89 Å². The van der Waals surface area contributed by atoms with Crippen LogP contribution in [0.2, 0.25) is 0 Å². The number of methoxy groups -OCH3 is 1. The van der Waals surface area contributed by atoms with E-state index in [1.807, 2.05) is 11.8 Å². The second kappa shape index (κ2) is 9.17. The normalized spacial score (nSPS) is 16.4. The molecule has 1 aliphatic heterocycles. The molecule has 8 heteroatoms. The first-order valence-corrected chi connectivity index (χ1v) is 8.10. The van der Waals surface area contributed by atoms with Crippen molar-refractivity contribution >= 4 is 17.8 Å². The summed E-state index contributed by atoms with van der Waals surface area (Å²) in [6, 6.07) is 0.500. The molecule has 0 atom stereocenters. The van der Waals surface area contributed by atoms with Crippen LogP contribution in [-0.4, -0.2) is 73.0 Å². The smallest absolute Gasteiger partial charge is 0.315 e. The number of nitrogens with one attached hydrogen (secondary N) is 2. The number of nitrogens with zero attached hydrogens (tertiary/aromatic N) is 3. The minimum absolute atomic E-state index is 0.500. The molecular weight excluding hydrogens is 278 g/mol. The van der Waals surface area contributed by atoms with Crippen molar-refractivity contribution in [2.24, 2.45) is 0 Å². The minimum Gasteiger partial charge on any atom is -0.407 e. The molecule has 0 amide bonds. The summed E-state index contributed by atoms with van der Waals surface area (Å²) < 4.78 is 10.4. The van der Waals surface area contributed by atoms with E-state index in [0.717, 1.165) is 19.6 Å². The van der Waals surface area contributed by atoms with E-state index in [2.05, 4.69) is 25.7 Å². The van der Waals surface area contributed by atoms with Gasteiger partial charge < -0.3 is 19.8 Å². The first kappa shape index (κ1) is 15.6. The highest BCUT2D eigenvalue weighted by atomic mass is 32.2. The number of anilines is 1. The molecule has 7 nitrogen and oxygen atoms in total. The minimum atomic E-state index is 0.500. The highest BCUT2D eigenvalue weighted by Gasteiger charge is 2.10. The van der Waals surface area contributed by atoms with E-state index in [1.165, 1.54) is 24.6 Å². The molecule has 0 saturated carbocycles. The van der Waals surface area contributed by atoms with E-state index < -0.39 is 0 Å². The van der Waals surface area contributed by atoms with Crippen molar-refractivity contribution in [3.8, 4) is 0 Å². The van der Waals surface area contributed by atoms with Gasteiger partial charge in [-0.15, -0.1) is 5.10 Å². The van der Waals surface area contributed by atoms with Crippen LogP contribution in [0.5, 0.6) is 0 Å². The van der Waals surface area contributed by atoms with Crippen molar-refractivity contribution in [2.45, 2.75) is 6.54 Å². The van der Waals surface area contributed by atoms with Crippen molar-refractivity contribution < 1.29 is 9.15 Å². The third kappa shape index (κ3) is 5.66. The van der Waals surface area contributed by atoms with Crippen molar-refractivity contribution in [1.29, 1.82) is 0 Å². The van der Waals surface area contributed by atoms with E-state index >= 15 is 0 Å². The maximum atomic E-state index is 5.49. The molecule has 114 valence electrons. The number of aromatic nitrogens is 2. The molecule has 2 heterocycles. The van der Waals surface area contributed by atoms with Gasteiger partial charge in [-0.1, -0.05) is 5.10 Å². The van der Waals surface area contributed by atoms with E-state index in [9.17, 15) is 0 Å². The highest BCUT2D eigenvalue weighted by molar-refractivity contribution is 7.99. The lowest BCUT2D eigenvalue weighted by atomic mass is 10.4. The zero-order chi connectivity index (χ0) is 14.0. The predicted octanol–water partition coefficient (Wildman–Crippen LogP) is 0.266. The summed E-state index contributed by atoms with van der Waals surface area (Å²) in [7, 11) is 1.68. The van der Waals surface area contributed by atoms with E-state index in [4.69, 9.17) is 9.15 Å². The van der Waals surface area contributed by atoms with Gasteiger partial charge in [-0.3, -0.25) is 4.90 Å². The Balaban J connectivity index is 1.59. The monoisotopic (exact) mass is 301 g/mol. The van der Waals surface area contributed by atoms with Gasteiger partial charge in [0.25, 0.3) is 0 Å². The van der Waals surface area contributed by atoms with Gasteiger partial charge >= 0.3 is 6.01 Å². The number of ether oxygens (including phenoxy) is 1. The molecule has 1 aliphatic rings. The van der Waals surface area contributed by atoms with Crippen LogP contribution in [0.15, 0.2) is 4.42 Å². The average molecular weight is 301 g/mol. The van der Waals surface area contributed by atoms with E-state index in [1.54, 1.807) is 7.11 Å². The molecule has 1 fully saturated rings. The van der Waals surface area contributed by atoms with Gasteiger partial charge in [0.05, 0.1) is 13.2 Å². The largest absolute Gasteiger partial charge is 0.407 e. The van der Waals surface area contributed by atoms with Gasteiger partial charge in [0.1, 0.15) is 0 Å². The van der Waals surface area contributed by atoms with E-state index in [-0.39, 0.29) is 0 Å². The summed E-state index contributed by atoms with van der Waals surface area (Å²) >= 11 is 2.02. The molecular formula is C12H23N5O2S. The zero-order valence-corrected chi connectivity index (χ0v) is 12.7. The fraction of sp³-hybridized carbons (Fsp3) is 0.833. The van der Waals surface area contributed by atoms with Crippen LogP contribution in [0.25, 0.3) is 0 Å². The van der Waals surface area contributed by atoms with Crippen LogP contribution in [0.4, 0.5) is 6.01 Å². The first-order chi connectivity index (χ1) is 9.88. The lowest BCUT2D eigenvalue weighted by molar-refractivity contribution is 0.198. The Morgan fingerprint density at radius 3 is 2.95 bits per heavy atom. The summed E-state index contributed by atoms with van der Waals surface area (Å²) in [5.41, 5.74) is 0. The first-order valence-electron chi connectivity index (χ1n) is 6.94. The lowest BCUT2D eigenvalue weighted by Gasteiger charge is -2.25. The molecule has 0 unspecified atom stereocenters. The molecule has 1 aromatic rings. The maximum absolute atomic E-state index is 5.49. The number of rotatable bonds is 9. The Labute approximate surface area is 123 Å². The van der Waals surface area contributed by atoms with Crippen LogP contribution in [0.3, 0.4) is 0 Å². The Kier molecular flexibility index (Phi) is 7.13. The Morgan fingerprint density at radius 2 is 2.15 bits per heavy atom. The van der Waals surface area contributed by atoms with Crippen LogP contribution < -0.4 is 10.6 Å². The van der Waals surface area contributed by atoms with Gasteiger partial charge in [-0.25, -0.2) is 0 Å². The standard InChI is InChI=1S/C12H23N5O2S/c1-18-7-3-13-10-11-15-16-12(19-11)14-2-4-17-5-8-20-9-6-17/h13H,2-10H2,1H3,(H,14,16). The Morgan fingerprint density at radius 1 is 1.30 bits per heavy atom. The summed E-state index contributed by atoms with van der Waals surface area (Å²) in [4.78, 5) is 2.45. The summed E-state index contributed by atoms with van der Waals surface area (Å²) in [6.45, 7) is 6.22. The molecule has 0 aromatic carbocycles. The topological polar surface area (TPSA) is 75.5 Å². The molecule has 1 saturated heterocycles. The fourth-order valence-electron chi connectivity index (χ4n) is 1.91. The predicted molar refractivity (Wildman–Crippen MR) is 80.1 cm³/mol. The van der Waals surface area contributed by atoms with Crippen molar-refractivity contribution in [3.63, 3.8) is 0 Å². The SMILES string of the molecule is COCCNCc1nnc(NCCN2CCSCC2)o1. The van der Waals surface area contributed by atoms with Gasteiger partial charge in [0, 0.05) is 51.3 Å². The van der Waals surface area contributed by atoms with Crippen LogP contribution in [-0.2, 0) is 11.3 Å². The Hall–Kier alpha value is -0.830. The van der Waals surface area contributed by atoms with Crippen LogP contribution in [0, 0.1) is 0 Å². The van der Waals surface area contributed by atoms with Crippen molar-refractivity contribution in [2.75, 3.05) is 63.3 Å². The second-order valence-electron chi connectivity index (χ2n) is 4.55. The van der Waals surface area contributed by atoms with Gasteiger partial charge in [-0.05, 0) is 0 Å². The summed E-state index contributed by atoms with van der Waals surface area (Å²) in [5, 5.41) is 14.3. The highest BCUT2D eigenvalue weighted by Crippen LogP contribution is 2.09. The summed E-state index contributed by atoms with van der Waals surface area (Å²) in [6.07, 6.45) is 0. The molecule has 2 N–H and O–H groups in total. The maximum Gasteiger partial charge on any atom is 0.315 e. The average Bonchev–Trinajstić information content (AvgIpc) is 2.93. The number of hydrogen-bond donors (Lipinski definition) is 2. The molecule has 0 spiro atoms. The summed E-state index contributed by atoms with van der Waals surface area (Å²) in [5.74, 6) is 3.06. The quantitative estimate of drug-likeness (QED) is 0.629. The molecule has 20 heavy (non-hydrogen) atoms. The molecule has 0 radical (unpaired) electrons. The molecule has 0 bridgehead atoms. The molecule has 0 aliphatic carbocycles. The molecule has 2 rings (SSSR count). The number of hydrogen-bond acceptors (Lipinski definition) is 8. The zero-order valence-electron chi connectivity index (χ0n) is 11.9. The Bertz CT molecular complexity index is 370. The van der Waals surface area contributed by atoms with Gasteiger partial charge in [-0.2, -0.15) is 11.8 Å². The third-order valence-electron chi connectivity index (χ3n) is 3.03. The van der Waals surface area contributed by atoms with Crippen molar-refractivity contribution in [1.82, 2.24) is 20.4 Å². The van der Waals surface area contributed by atoms with Gasteiger partial charge in [0.15, 0.2) is 0 Å². The third-order valence-corrected chi connectivity index (χ3v) is 3.98. The van der Waals surface area contributed by atoms with Crippen molar-refractivity contribution in [3.05, 3.63) is 5.89 Å². The van der Waals surface area contributed by atoms with Crippen LogP contribution >= 0.6 is 11.8 Å². The fourth-order valence-corrected chi connectivity index (χ4v) is 2.89. The number of thioether (sulfide) groups is 1.